The fraction of sp³-hybridized carbons (Fsp3) is 0.176. The first kappa shape index (κ1) is 16.3. The molecule has 0 aliphatic heterocycles. The lowest BCUT2D eigenvalue weighted by atomic mass is 10.1. The minimum Gasteiger partial charge on any atom is -0.261 e. The van der Waals surface area contributed by atoms with E-state index in [1.165, 1.54) is 6.33 Å². The van der Waals surface area contributed by atoms with Gasteiger partial charge in [-0.05, 0) is 44.5 Å². The Hall–Kier alpha value is -2.54. The van der Waals surface area contributed by atoms with E-state index in [0.29, 0.717) is 11.6 Å². The molecule has 0 fully saturated rings. The zero-order chi connectivity index (χ0) is 17.1. The van der Waals surface area contributed by atoms with Crippen LogP contribution in [0, 0.1) is 13.8 Å². The molecule has 2 heterocycles. The number of anilines is 1. The maximum Gasteiger partial charge on any atom is 0.159 e. The van der Waals surface area contributed by atoms with Gasteiger partial charge in [0, 0.05) is 16.2 Å². The first-order valence-corrected chi connectivity index (χ1v) is 8.24. The molecule has 1 aromatic carbocycles. The average molecular weight is 385 g/mol. The van der Waals surface area contributed by atoms with Crippen molar-refractivity contribution in [3.8, 4) is 5.82 Å². The molecule has 1 N–H and O–H groups in total. The SMILES string of the molecule is CC(=NNc1cc(-n2nc(C)cc2C)ncn1)c1ccc(Br)cc1. The fourth-order valence-electron chi connectivity index (χ4n) is 2.28. The van der Waals surface area contributed by atoms with Gasteiger partial charge in [0.2, 0.25) is 0 Å². The third-order valence-corrected chi connectivity index (χ3v) is 4.01. The van der Waals surface area contributed by atoms with Crippen LogP contribution in [-0.4, -0.2) is 25.5 Å². The van der Waals surface area contributed by atoms with E-state index in [1.54, 1.807) is 4.68 Å². The molecule has 0 spiro atoms. The molecule has 6 nitrogen and oxygen atoms in total. The fourth-order valence-corrected chi connectivity index (χ4v) is 2.55. The number of nitrogens with one attached hydrogen (secondary N) is 1. The predicted octanol–water partition coefficient (Wildman–Crippen LogP) is 3.88. The Morgan fingerprint density at radius 3 is 2.54 bits per heavy atom. The molecule has 0 radical (unpaired) electrons. The molecule has 0 amide bonds. The van der Waals surface area contributed by atoms with Crippen molar-refractivity contribution in [2.75, 3.05) is 5.43 Å². The van der Waals surface area contributed by atoms with E-state index in [0.717, 1.165) is 27.1 Å². The van der Waals surface area contributed by atoms with E-state index < -0.39 is 0 Å². The van der Waals surface area contributed by atoms with Crippen molar-refractivity contribution < 1.29 is 0 Å². The molecule has 3 aromatic rings. The van der Waals surface area contributed by atoms with Crippen LogP contribution in [0.2, 0.25) is 0 Å². The molecule has 3 rings (SSSR count). The number of hydrogen-bond acceptors (Lipinski definition) is 5. The summed E-state index contributed by atoms with van der Waals surface area (Å²) in [6, 6.07) is 11.8. The summed E-state index contributed by atoms with van der Waals surface area (Å²) in [7, 11) is 0. The Balaban J connectivity index is 1.81. The van der Waals surface area contributed by atoms with Gasteiger partial charge in [0.15, 0.2) is 11.6 Å². The maximum atomic E-state index is 4.43. The van der Waals surface area contributed by atoms with Gasteiger partial charge in [-0.15, -0.1) is 0 Å². The number of benzene rings is 1. The van der Waals surface area contributed by atoms with Gasteiger partial charge < -0.3 is 0 Å². The number of rotatable bonds is 4. The third kappa shape index (κ3) is 3.68. The molecule has 2 aromatic heterocycles. The van der Waals surface area contributed by atoms with Crippen molar-refractivity contribution in [1.82, 2.24) is 19.7 Å². The summed E-state index contributed by atoms with van der Waals surface area (Å²) in [4.78, 5) is 8.48. The van der Waals surface area contributed by atoms with Gasteiger partial charge >= 0.3 is 0 Å². The number of halogens is 1. The van der Waals surface area contributed by atoms with Gasteiger partial charge in [0.05, 0.1) is 11.4 Å². The van der Waals surface area contributed by atoms with Gasteiger partial charge in [0.25, 0.3) is 0 Å². The van der Waals surface area contributed by atoms with Gasteiger partial charge in [-0.25, -0.2) is 14.6 Å². The van der Waals surface area contributed by atoms with Crippen LogP contribution in [0.1, 0.15) is 23.9 Å². The summed E-state index contributed by atoms with van der Waals surface area (Å²) in [6.07, 6.45) is 1.50. The highest BCUT2D eigenvalue weighted by Crippen LogP contribution is 2.14. The highest BCUT2D eigenvalue weighted by Gasteiger charge is 2.06. The lowest BCUT2D eigenvalue weighted by Crippen LogP contribution is -2.05. The predicted molar refractivity (Wildman–Crippen MR) is 98.6 cm³/mol. The minimum absolute atomic E-state index is 0.615. The second-order valence-electron chi connectivity index (χ2n) is 5.42. The highest BCUT2D eigenvalue weighted by molar-refractivity contribution is 9.10. The van der Waals surface area contributed by atoms with Gasteiger partial charge in [-0.3, -0.25) is 5.43 Å². The molecule has 0 atom stereocenters. The van der Waals surface area contributed by atoms with Crippen LogP contribution >= 0.6 is 15.9 Å². The molecular formula is C17H17BrN6. The van der Waals surface area contributed by atoms with Crippen molar-refractivity contribution in [2.45, 2.75) is 20.8 Å². The molecule has 0 saturated heterocycles. The number of aromatic nitrogens is 4. The maximum absolute atomic E-state index is 4.43. The van der Waals surface area contributed by atoms with E-state index >= 15 is 0 Å². The van der Waals surface area contributed by atoms with Crippen molar-refractivity contribution in [2.24, 2.45) is 5.10 Å². The van der Waals surface area contributed by atoms with Crippen molar-refractivity contribution in [1.29, 1.82) is 0 Å². The molecule has 0 bridgehead atoms. The second-order valence-corrected chi connectivity index (χ2v) is 6.33. The Labute approximate surface area is 148 Å². The van der Waals surface area contributed by atoms with Crippen molar-refractivity contribution in [3.63, 3.8) is 0 Å². The summed E-state index contributed by atoms with van der Waals surface area (Å²) in [5.74, 6) is 1.32. The molecular weight excluding hydrogens is 368 g/mol. The lowest BCUT2D eigenvalue weighted by molar-refractivity contribution is 0.801. The van der Waals surface area contributed by atoms with Gasteiger partial charge in [-0.2, -0.15) is 10.2 Å². The zero-order valence-corrected chi connectivity index (χ0v) is 15.2. The number of nitrogens with zero attached hydrogens (tertiary/aromatic N) is 5. The van der Waals surface area contributed by atoms with Crippen LogP contribution in [0.15, 0.2) is 52.3 Å². The average Bonchev–Trinajstić information content (AvgIpc) is 2.92. The molecule has 0 saturated carbocycles. The highest BCUT2D eigenvalue weighted by atomic mass is 79.9. The number of aryl methyl sites for hydroxylation is 2. The van der Waals surface area contributed by atoms with Crippen LogP contribution in [0.3, 0.4) is 0 Å². The van der Waals surface area contributed by atoms with Crippen LogP contribution in [0.25, 0.3) is 5.82 Å². The summed E-state index contributed by atoms with van der Waals surface area (Å²) >= 11 is 3.43. The first-order chi connectivity index (χ1) is 11.5. The zero-order valence-electron chi connectivity index (χ0n) is 13.7. The van der Waals surface area contributed by atoms with E-state index in [2.05, 4.69) is 41.5 Å². The van der Waals surface area contributed by atoms with E-state index in [9.17, 15) is 0 Å². The van der Waals surface area contributed by atoms with Gasteiger partial charge in [0.1, 0.15) is 6.33 Å². The Bertz CT molecular complexity index is 882. The largest absolute Gasteiger partial charge is 0.261 e. The van der Waals surface area contributed by atoms with Crippen molar-refractivity contribution in [3.05, 3.63) is 64.1 Å². The molecule has 122 valence electrons. The molecule has 0 aliphatic rings. The molecule has 24 heavy (non-hydrogen) atoms. The molecule has 0 unspecified atom stereocenters. The number of hydrogen-bond donors (Lipinski definition) is 1. The quantitative estimate of drug-likeness (QED) is 0.547. The van der Waals surface area contributed by atoms with Crippen LogP contribution in [0.4, 0.5) is 5.82 Å². The van der Waals surface area contributed by atoms with E-state index in [1.807, 2.05) is 57.2 Å². The van der Waals surface area contributed by atoms with Crippen LogP contribution in [-0.2, 0) is 0 Å². The second kappa shape index (κ2) is 6.92. The standard InChI is InChI=1S/C17H17BrN6/c1-11-8-12(2)24(23-11)17-9-16(19-10-20-17)22-21-13(3)14-4-6-15(18)7-5-14/h4-10H,1-3H3,(H,19,20,22). The summed E-state index contributed by atoms with van der Waals surface area (Å²) < 4.78 is 2.82. The lowest BCUT2D eigenvalue weighted by Gasteiger charge is -2.06. The Morgan fingerprint density at radius 1 is 1.12 bits per heavy atom. The summed E-state index contributed by atoms with van der Waals surface area (Å²) in [6.45, 7) is 5.89. The number of hydrazone groups is 1. The monoisotopic (exact) mass is 384 g/mol. The minimum atomic E-state index is 0.615. The topological polar surface area (TPSA) is 68.0 Å². The molecule has 0 aliphatic carbocycles. The Kier molecular flexibility index (Phi) is 4.71. The van der Waals surface area contributed by atoms with E-state index in [4.69, 9.17) is 0 Å². The normalized spacial score (nSPS) is 11.6. The first-order valence-electron chi connectivity index (χ1n) is 7.45. The third-order valence-electron chi connectivity index (χ3n) is 3.48. The summed E-state index contributed by atoms with van der Waals surface area (Å²) in [5.41, 5.74) is 6.86. The Morgan fingerprint density at radius 2 is 1.88 bits per heavy atom. The smallest absolute Gasteiger partial charge is 0.159 e. The van der Waals surface area contributed by atoms with Crippen molar-refractivity contribution >= 4 is 27.5 Å². The van der Waals surface area contributed by atoms with Gasteiger partial charge in [-0.1, -0.05) is 28.1 Å². The van der Waals surface area contributed by atoms with E-state index in [-0.39, 0.29) is 0 Å². The van der Waals surface area contributed by atoms with Crippen LogP contribution in [0.5, 0.6) is 0 Å². The summed E-state index contributed by atoms with van der Waals surface area (Å²) in [5, 5.41) is 8.82. The molecule has 7 heteroatoms. The van der Waals surface area contributed by atoms with Crippen LogP contribution < -0.4 is 5.43 Å².